The smallest absolute Gasteiger partial charge is 0.326 e. The van der Waals surface area contributed by atoms with Crippen LogP contribution in [0.1, 0.15) is 70.9 Å². The molecule has 8 heteroatoms. The second-order valence-corrected chi connectivity index (χ2v) is 8.37. The molecule has 1 fully saturated rings. The zero-order valence-electron chi connectivity index (χ0n) is 18.8. The quantitative estimate of drug-likeness (QED) is 0.468. The minimum atomic E-state index is -1.23. The van der Waals surface area contributed by atoms with Crippen molar-refractivity contribution in [2.75, 3.05) is 18.0 Å². The molecule has 2 atom stereocenters. The third-order valence-electron chi connectivity index (χ3n) is 5.08. The van der Waals surface area contributed by atoms with Crippen LogP contribution in [0, 0.1) is 5.92 Å². The Labute approximate surface area is 184 Å². The minimum Gasteiger partial charge on any atom is -0.481 e. The van der Waals surface area contributed by atoms with Gasteiger partial charge in [-0.05, 0) is 49.7 Å². The number of carbonyl (C=O) groups is 3. The number of piperidine rings is 1. The fraction of sp³-hybridized carbons (Fsp3) is 0.609. The monoisotopic (exact) mass is 435 g/mol. The van der Waals surface area contributed by atoms with Crippen molar-refractivity contribution in [2.24, 2.45) is 11.7 Å². The molecule has 0 aromatic heterocycles. The highest BCUT2D eigenvalue weighted by Gasteiger charge is 2.19. The van der Waals surface area contributed by atoms with Crippen LogP contribution in [-0.4, -0.2) is 47.2 Å². The fourth-order valence-electron chi connectivity index (χ4n) is 3.63. The van der Waals surface area contributed by atoms with Crippen molar-refractivity contribution in [3.63, 3.8) is 0 Å². The number of nitrogens with one attached hydrogen (secondary N) is 1. The molecule has 1 aliphatic rings. The van der Waals surface area contributed by atoms with E-state index in [1.54, 1.807) is 0 Å². The molecule has 1 aromatic rings. The first-order chi connectivity index (χ1) is 14.6. The van der Waals surface area contributed by atoms with Crippen LogP contribution in [-0.2, 0) is 14.4 Å². The maximum atomic E-state index is 10.5. The van der Waals surface area contributed by atoms with Crippen molar-refractivity contribution < 1.29 is 24.6 Å². The van der Waals surface area contributed by atoms with Crippen molar-refractivity contribution in [1.82, 2.24) is 5.32 Å². The first-order valence-corrected chi connectivity index (χ1v) is 10.9. The summed E-state index contributed by atoms with van der Waals surface area (Å²) in [5, 5.41) is 18.9. The number of rotatable bonds is 9. The topological polar surface area (TPSA) is 133 Å². The van der Waals surface area contributed by atoms with Crippen LogP contribution in [0.5, 0.6) is 0 Å². The third-order valence-corrected chi connectivity index (χ3v) is 5.08. The largest absolute Gasteiger partial charge is 0.481 e. The Balaban J connectivity index is 0.000000330. The van der Waals surface area contributed by atoms with Crippen LogP contribution in [0.4, 0.5) is 5.69 Å². The molecule has 8 nitrogen and oxygen atoms in total. The predicted molar refractivity (Wildman–Crippen MR) is 121 cm³/mol. The lowest BCUT2D eigenvalue weighted by atomic mass is 9.95. The van der Waals surface area contributed by atoms with Gasteiger partial charge in [-0.1, -0.05) is 32.0 Å². The molecular formula is C23H37N3O5. The van der Waals surface area contributed by atoms with Crippen molar-refractivity contribution in [3.05, 3.63) is 29.8 Å². The second-order valence-electron chi connectivity index (χ2n) is 8.37. The Morgan fingerprint density at radius 1 is 1.10 bits per heavy atom. The van der Waals surface area contributed by atoms with E-state index in [1.807, 2.05) is 0 Å². The lowest BCUT2D eigenvalue weighted by Gasteiger charge is -2.32. The number of nitrogens with zero attached hydrogens (tertiary/aromatic N) is 1. The summed E-state index contributed by atoms with van der Waals surface area (Å²) in [5.74, 6) is -2.15. The molecule has 0 spiro atoms. The first kappa shape index (κ1) is 26.4. The van der Waals surface area contributed by atoms with E-state index in [-0.39, 0.29) is 18.9 Å². The Bertz CT molecular complexity index is 717. The molecule has 2 rings (SSSR count). The van der Waals surface area contributed by atoms with Crippen LogP contribution in [0.25, 0.3) is 0 Å². The van der Waals surface area contributed by atoms with Crippen LogP contribution in [0.2, 0.25) is 0 Å². The number of carbonyl (C=O) groups excluding carboxylic acids is 1. The van der Waals surface area contributed by atoms with E-state index < -0.39 is 23.9 Å². The van der Waals surface area contributed by atoms with Crippen molar-refractivity contribution >= 4 is 23.5 Å². The summed E-state index contributed by atoms with van der Waals surface area (Å²) < 4.78 is 0. The molecule has 0 bridgehead atoms. The summed E-state index contributed by atoms with van der Waals surface area (Å²) in [5.41, 5.74) is 9.07. The maximum Gasteiger partial charge on any atom is 0.326 e. The number of amides is 1. The Kier molecular flexibility index (Phi) is 11.6. The molecule has 5 N–H and O–H groups in total. The summed E-state index contributed by atoms with van der Waals surface area (Å²) in [6, 6.07) is 7.74. The van der Waals surface area contributed by atoms with E-state index in [0.29, 0.717) is 5.92 Å². The van der Waals surface area contributed by atoms with E-state index in [4.69, 9.17) is 15.9 Å². The van der Waals surface area contributed by atoms with Gasteiger partial charge in [0.25, 0.3) is 0 Å². The van der Waals surface area contributed by atoms with Gasteiger partial charge in [0, 0.05) is 38.2 Å². The van der Waals surface area contributed by atoms with Crippen LogP contribution in [0.3, 0.4) is 0 Å². The molecule has 1 aromatic carbocycles. The summed E-state index contributed by atoms with van der Waals surface area (Å²) in [6.07, 6.45) is 4.67. The third kappa shape index (κ3) is 10.3. The number of aliphatic carboxylic acids is 2. The lowest BCUT2D eigenvalue weighted by Crippen LogP contribution is -2.39. The summed E-state index contributed by atoms with van der Waals surface area (Å²) in [6.45, 7) is 8.03. The molecule has 2 unspecified atom stereocenters. The number of nitrogens with two attached hydrogens (primary N) is 1. The number of carboxylic acid groups (broad SMARTS) is 2. The van der Waals surface area contributed by atoms with E-state index in [1.165, 1.54) is 50.5 Å². The molecule has 1 saturated heterocycles. The molecule has 31 heavy (non-hydrogen) atoms. The summed E-state index contributed by atoms with van der Waals surface area (Å²) >= 11 is 0. The minimum absolute atomic E-state index is 0.107. The number of benzene rings is 1. The highest BCUT2D eigenvalue weighted by molar-refractivity contribution is 5.82. The van der Waals surface area contributed by atoms with Crippen LogP contribution < -0.4 is 16.0 Å². The molecule has 0 aliphatic carbocycles. The normalized spacial score (nSPS) is 15.5. The maximum absolute atomic E-state index is 10.5. The predicted octanol–water partition coefficient (Wildman–Crippen LogP) is 3.16. The van der Waals surface area contributed by atoms with Crippen molar-refractivity contribution in [2.45, 2.75) is 71.4 Å². The average Bonchev–Trinajstić information content (AvgIpc) is 2.71. The van der Waals surface area contributed by atoms with Gasteiger partial charge in [0.1, 0.15) is 6.04 Å². The number of hydrogen-bond donors (Lipinski definition) is 4. The SMILES string of the molecule is CC(=O)NC(CCC(=O)O)C(=O)O.CC(C)CC(N)c1ccccc1N1CCCCC1. The molecule has 1 aliphatic heterocycles. The number of anilines is 1. The van der Waals surface area contributed by atoms with Gasteiger partial charge >= 0.3 is 11.9 Å². The van der Waals surface area contributed by atoms with Gasteiger partial charge in [-0.2, -0.15) is 0 Å². The zero-order chi connectivity index (χ0) is 23.4. The highest BCUT2D eigenvalue weighted by atomic mass is 16.4. The van der Waals surface area contributed by atoms with Gasteiger partial charge in [0.05, 0.1) is 0 Å². The van der Waals surface area contributed by atoms with Gasteiger partial charge in [-0.15, -0.1) is 0 Å². The van der Waals surface area contributed by atoms with Gasteiger partial charge in [-0.3, -0.25) is 9.59 Å². The molecular weight excluding hydrogens is 398 g/mol. The van der Waals surface area contributed by atoms with E-state index in [9.17, 15) is 14.4 Å². The Hall–Kier alpha value is -2.61. The second kappa shape index (κ2) is 13.6. The molecule has 1 amide bonds. The van der Waals surface area contributed by atoms with E-state index in [2.05, 4.69) is 48.3 Å². The van der Waals surface area contributed by atoms with Gasteiger partial charge in [0.2, 0.25) is 5.91 Å². The van der Waals surface area contributed by atoms with Crippen LogP contribution >= 0.6 is 0 Å². The van der Waals surface area contributed by atoms with Gasteiger partial charge in [-0.25, -0.2) is 4.79 Å². The standard InChI is InChI=1S/C16H26N2.C7H11NO5/c1-13(2)12-15(17)14-8-4-5-9-16(14)18-10-6-3-7-11-18;1-4(9)8-5(7(12)13)2-3-6(10)11/h4-5,8-9,13,15H,3,6-7,10-12,17H2,1-2H3;5H,2-3H2,1H3,(H,8,9)(H,10,11)(H,12,13). The Morgan fingerprint density at radius 2 is 1.71 bits per heavy atom. The number of carboxylic acids is 2. The summed E-state index contributed by atoms with van der Waals surface area (Å²) in [7, 11) is 0. The first-order valence-electron chi connectivity index (χ1n) is 10.9. The highest BCUT2D eigenvalue weighted by Crippen LogP contribution is 2.30. The van der Waals surface area contributed by atoms with Crippen molar-refractivity contribution in [3.8, 4) is 0 Å². The average molecular weight is 436 g/mol. The number of hydrogen-bond acceptors (Lipinski definition) is 5. The van der Waals surface area contributed by atoms with Crippen molar-refractivity contribution in [1.29, 1.82) is 0 Å². The summed E-state index contributed by atoms with van der Waals surface area (Å²) in [4.78, 5) is 33.5. The molecule has 0 saturated carbocycles. The fourth-order valence-corrected chi connectivity index (χ4v) is 3.63. The van der Waals surface area contributed by atoms with Gasteiger partial charge in [0.15, 0.2) is 0 Å². The van der Waals surface area contributed by atoms with Crippen LogP contribution in [0.15, 0.2) is 24.3 Å². The molecule has 174 valence electrons. The zero-order valence-corrected chi connectivity index (χ0v) is 18.8. The Morgan fingerprint density at radius 3 is 2.23 bits per heavy atom. The van der Waals surface area contributed by atoms with E-state index >= 15 is 0 Å². The number of para-hydroxylation sites is 1. The lowest BCUT2D eigenvalue weighted by molar-refractivity contribution is -0.142. The molecule has 1 heterocycles. The van der Waals surface area contributed by atoms with E-state index in [0.717, 1.165) is 6.42 Å². The van der Waals surface area contributed by atoms with Gasteiger partial charge < -0.3 is 26.2 Å². The molecule has 0 radical (unpaired) electrons.